The standard InChI is InChI=1S/C27H28N2O2S/c1-19-8-10-22(11-9-19)20(2)28-26(31)23-12-14-24(15-13-23)27-29(25(30)18-32-27)17-16-21-6-4-3-5-7-21/h3-15,20,27H,16-18H2,1-2H3,(H,28,31)/t20-,27-/m0/s1. The number of rotatable bonds is 7. The Morgan fingerprint density at radius 1 is 1.03 bits per heavy atom. The Hall–Kier alpha value is -3.05. The maximum absolute atomic E-state index is 12.7. The van der Waals surface area contributed by atoms with Crippen molar-refractivity contribution in [2.75, 3.05) is 12.3 Å². The van der Waals surface area contributed by atoms with E-state index in [4.69, 9.17) is 0 Å². The van der Waals surface area contributed by atoms with Gasteiger partial charge in [0.15, 0.2) is 0 Å². The molecule has 32 heavy (non-hydrogen) atoms. The smallest absolute Gasteiger partial charge is 0.251 e. The molecular weight excluding hydrogens is 416 g/mol. The molecule has 3 aromatic carbocycles. The molecular formula is C27H28N2O2S. The van der Waals surface area contributed by atoms with Crippen molar-refractivity contribution in [1.82, 2.24) is 10.2 Å². The summed E-state index contributed by atoms with van der Waals surface area (Å²) in [6.45, 7) is 4.73. The SMILES string of the molecule is Cc1ccc([C@H](C)NC(=O)c2ccc([C@@H]3SCC(=O)N3CCc3ccccc3)cc2)cc1. The van der Waals surface area contributed by atoms with E-state index in [0.717, 1.165) is 17.5 Å². The topological polar surface area (TPSA) is 49.4 Å². The monoisotopic (exact) mass is 444 g/mol. The zero-order valence-corrected chi connectivity index (χ0v) is 19.3. The number of hydrogen-bond acceptors (Lipinski definition) is 3. The number of carbonyl (C=O) groups is 2. The van der Waals surface area contributed by atoms with Crippen molar-refractivity contribution in [3.63, 3.8) is 0 Å². The number of nitrogens with one attached hydrogen (secondary N) is 1. The lowest BCUT2D eigenvalue weighted by atomic mass is 10.1. The average Bonchev–Trinajstić information content (AvgIpc) is 3.19. The Morgan fingerprint density at radius 2 is 1.72 bits per heavy atom. The largest absolute Gasteiger partial charge is 0.346 e. The van der Waals surface area contributed by atoms with Crippen molar-refractivity contribution in [3.05, 3.63) is 107 Å². The maximum atomic E-state index is 12.7. The summed E-state index contributed by atoms with van der Waals surface area (Å²) >= 11 is 1.65. The van der Waals surface area contributed by atoms with Gasteiger partial charge in [-0.15, -0.1) is 11.8 Å². The Morgan fingerprint density at radius 3 is 2.41 bits per heavy atom. The Balaban J connectivity index is 1.40. The van der Waals surface area contributed by atoms with E-state index >= 15 is 0 Å². The van der Waals surface area contributed by atoms with Crippen molar-refractivity contribution >= 4 is 23.6 Å². The van der Waals surface area contributed by atoms with Gasteiger partial charge in [-0.1, -0.05) is 72.3 Å². The van der Waals surface area contributed by atoms with Crippen LogP contribution < -0.4 is 5.32 Å². The third kappa shape index (κ3) is 5.22. The van der Waals surface area contributed by atoms with Crippen LogP contribution in [0.4, 0.5) is 0 Å². The van der Waals surface area contributed by atoms with Gasteiger partial charge in [0.05, 0.1) is 11.8 Å². The van der Waals surface area contributed by atoms with Gasteiger partial charge in [0.2, 0.25) is 5.91 Å². The highest BCUT2D eigenvalue weighted by Crippen LogP contribution is 2.38. The zero-order chi connectivity index (χ0) is 22.5. The predicted octanol–water partition coefficient (Wildman–Crippen LogP) is 5.30. The Labute approximate surface area is 194 Å². The van der Waals surface area contributed by atoms with Crippen molar-refractivity contribution in [2.45, 2.75) is 31.7 Å². The second-order valence-corrected chi connectivity index (χ2v) is 9.28. The summed E-state index contributed by atoms with van der Waals surface area (Å²) in [5, 5.41) is 3.06. The van der Waals surface area contributed by atoms with E-state index < -0.39 is 0 Å². The molecule has 0 spiro atoms. The molecule has 1 N–H and O–H groups in total. The van der Waals surface area contributed by atoms with Gasteiger partial charge in [0, 0.05) is 12.1 Å². The summed E-state index contributed by atoms with van der Waals surface area (Å²) < 4.78 is 0. The molecule has 0 aromatic heterocycles. The van der Waals surface area contributed by atoms with Gasteiger partial charge in [-0.3, -0.25) is 9.59 Å². The predicted molar refractivity (Wildman–Crippen MR) is 131 cm³/mol. The molecule has 2 amide bonds. The number of amides is 2. The molecule has 1 aliphatic heterocycles. The summed E-state index contributed by atoms with van der Waals surface area (Å²) in [7, 11) is 0. The summed E-state index contributed by atoms with van der Waals surface area (Å²) in [6.07, 6.45) is 0.834. The van der Waals surface area contributed by atoms with Crippen molar-refractivity contribution in [2.24, 2.45) is 0 Å². The molecule has 1 fully saturated rings. The Kier molecular flexibility index (Phi) is 6.96. The minimum absolute atomic E-state index is 0.00481. The number of hydrogen-bond donors (Lipinski definition) is 1. The molecule has 0 saturated carbocycles. The second-order valence-electron chi connectivity index (χ2n) is 8.21. The van der Waals surface area contributed by atoms with Gasteiger partial charge in [-0.2, -0.15) is 0 Å². The van der Waals surface area contributed by atoms with Gasteiger partial charge < -0.3 is 10.2 Å². The van der Waals surface area contributed by atoms with Crippen LogP contribution in [0.25, 0.3) is 0 Å². The highest BCUT2D eigenvalue weighted by atomic mass is 32.2. The fourth-order valence-electron chi connectivity index (χ4n) is 3.88. The first kappa shape index (κ1) is 22.2. The molecule has 4 nitrogen and oxygen atoms in total. The first-order valence-corrected chi connectivity index (χ1v) is 12.0. The van der Waals surface area contributed by atoms with Crippen LogP contribution in [0.15, 0.2) is 78.9 Å². The molecule has 0 aliphatic carbocycles. The van der Waals surface area contributed by atoms with Crippen LogP contribution in [-0.4, -0.2) is 29.0 Å². The van der Waals surface area contributed by atoms with E-state index in [1.807, 2.05) is 73.3 Å². The number of benzene rings is 3. The minimum atomic E-state index is -0.0966. The third-order valence-electron chi connectivity index (χ3n) is 5.84. The van der Waals surface area contributed by atoms with E-state index in [-0.39, 0.29) is 23.2 Å². The molecule has 1 aliphatic rings. The zero-order valence-electron chi connectivity index (χ0n) is 18.5. The summed E-state index contributed by atoms with van der Waals surface area (Å²) in [5.41, 5.74) is 5.18. The van der Waals surface area contributed by atoms with Crippen LogP contribution in [0.3, 0.4) is 0 Å². The van der Waals surface area contributed by atoms with Crippen LogP contribution in [0.1, 0.15) is 51.0 Å². The van der Waals surface area contributed by atoms with Gasteiger partial charge in [0.1, 0.15) is 5.37 Å². The second kappa shape index (κ2) is 10.0. The molecule has 0 bridgehead atoms. The van der Waals surface area contributed by atoms with Gasteiger partial charge in [0.25, 0.3) is 5.91 Å². The molecule has 0 unspecified atom stereocenters. The van der Waals surface area contributed by atoms with E-state index in [9.17, 15) is 9.59 Å². The lowest BCUT2D eigenvalue weighted by Gasteiger charge is -2.24. The average molecular weight is 445 g/mol. The van der Waals surface area contributed by atoms with Crippen LogP contribution >= 0.6 is 11.8 Å². The van der Waals surface area contributed by atoms with Gasteiger partial charge in [-0.25, -0.2) is 0 Å². The van der Waals surface area contributed by atoms with Crippen LogP contribution in [0.5, 0.6) is 0 Å². The highest BCUT2D eigenvalue weighted by molar-refractivity contribution is 8.00. The van der Waals surface area contributed by atoms with Crippen LogP contribution in [0.2, 0.25) is 0 Å². The lowest BCUT2D eigenvalue weighted by Crippen LogP contribution is -2.30. The molecule has 1 saturated heterocycles. The molecule has 164 valence electrons. The van der Waals surface area contributed by atoms with Crippen molar-refractivity contribution in [3.8, 4) is 0 Å². The van der Waals surface area contributed by atoms with Crippen LogP contribution in [0, 0.1) is 6.92 Å². The van der Waals surface area contributed by atoms with E-state index in [2.05, 4.69) is 29.6 Å². The van der Waals surface area contributed by atoms with E-state index in [1.54, 1.807) is 11.8 Å². The number of thioether (sulfide) groups is 1. The number of nitrogens with zero attached hydrogens (tertiary/aromatic N) is 1. The molecule has 3 aromatic rings. The normalized spacial score (nSPS) is 16.8. The molecule has 4 rings (SSSR count). The van der Waals surface area contributed by atoms with Crippen molar-refractivity contribution in [1.29, 1.82) is 0 Å². The minimum Gasteiger partial charge on any atom is -0.346 e. The molecule has 5 heteroatoms. The molecule has 0 radical (unpaired) electrons. The first-order valence-electron chi connectivity index (χ1n) is 10.9. The number of carbonyl (C=O) groups excluding carboxylic acids is 2. The van der Waals surface area contributed by atoms with Gasteiger partial charge >= 0.3 is 0 Å². The fraction of sp³-hybridized carbons (Fsp3) is 0.259. The highest BCUT2D eigenvalue weighted by Gasteiger charge is 2.32. The molecule has 1 heterocycles. The maximum Gasteiger partial charge on any atom is 0.251 e. The third-order valence-corrected chi connectivity index (χ3v) is 7.09. The number of aryl methyl sites for hydroxylation is 1. The summed E-state index contributed by atoms with van der Waals surface area (Å²) in [4.78, 5) is 27.1. The Bertz CT molecular complexity index is 1070. The molecule has 2 atom stereocenters. The van der Waals surface area contributed by atoms with Gasteiger partial charge in [-0.05, 0) is 49.1 Å². The van der Waals surface area contributed by atoms with E-state index in [0.29, 0.717) is 17.9 Å². The van der Waals surface area contributed by atoms with Crippen molar-refractivity contribution < 1.29 is 9.59 Å². The fourth-order valence-corrected chi connectivity index (χ4v) is 5.10. The summed E-state index contributed by atoms with van der Waals surface area (Å²) in [6, 6.07) is 26.0. The quantitative estimate of drug-likeness (QED) is 0.538. The van der Waals surface area contributed by atoms with Crippen LogP contribution in [-0.2, 0) is 11.2 Å². The first-order chi connectivity index (χ1) is 15.5. The van der Waals surface area contributed by atoms with E-state index in [1.165, 1.54) is 11.1 Å². The lowest BCUT2D eigenvalue weighted by molar-refractivity contribution is -0.128. The summed E-state index contributed by atoms with van der Waals surface area (Å²) in [5.74, 6) is 0.570.